The summed E-state index contributed by atoms with van der Waals surface area (Å²) >= 11 is 0. The standard InChI is InChI=1S/C17H25NO3/c1-14(12-17(19)20)15-6-5-9-18(13-15)10-11-21-16-7-3-2-4-8-16/h2-4,7-8,14-15H,5-6,9-13H2,1H3,(H,19,20). The summed E-state index contributed by atoms with van der Waals surface area (Å²) in [7, 11) is 0. The lowest BCUT2D eigenvalue weighted by Gasteiger charge is -2.35. The largest absolute Gasteiger partial charge is 0.492 e. The summed E-state index contributed by atoms with van der Waals surface area (Å²) in [5.74, 6) is 0.962. The number of hydrogen-bond donors (Lipinski definition) is 1. The van der Waals surface area contributed by atoms with E-state index in [2.05, 4.69) is 11.8 Å². The van der Waals surface area contributed by atoms with Crippen LogP contribution in [0, 0.1) is 11.8 Å². The highest BCUT2D eigenvalue weighted by Crippen LogP contribution is 2.26. The molecule has 1 saturated heterocycles. The average molecular weight is 291 g/mol. The molecule has 0 bridgehead atoms. The Kier molecular flexibility index (Phi) is 6.05. The molecule has 0 amide bonds. The highest BCUT2D eigenvalue weighted by molar-refractivity contribution is 5.67. The van der Waals surface area contributed by atoms with Crippen molar-refractivity contribution < 1.29 is 14.6 Å². The van der Waals surface area contributed by atoms with E-state index < -0.39 is 5.97 Å². The molecular formula is C17H25NO3. The highest BCUT2D eigenvalue weighted by Gasteiger charge is 2.25. The molecule has 2 rings (SSSR count). The number of hydrogen-bond acceptors (Lipinski definition) is 3. The molecule has 116 valence electrons. The van der Waals surface area contributed by atoms with E-state index in [1.807, 2.05) is 30.3 Å². The third kappa shape index (κ3) is 5.38. The van der Waals surface area contributed by atoms with Crippen molar-refractivity contribution in [1.29, 1.82) is 0 Å². The van der Waals surface area contributed by atoms with Crippen molar-refractivity contribution in [2.75, 3.05) is 26.2 Å². The molecule has 4 heteroatoms. The fourth-order valence-electron chi connectivity index (χ4n) is 3.01. The van der Waals surface area contributed by atoms with Crippen LogP contribution >= 0.6 is 0 Å². The predicted octanol–water partition coefficient (Wildman–Crippen LogP) is 2.89. The molecular weight excluding hydrogens is 266 g/mol. The molecule has 1 aliphatic rings. The summed E-state index contributed by atoms with van der Waals surface area (Å²) < 4.78 is 5.73. The van der Waals surface area contributed by atoms with Gasteiger partial charge in [0.05, 0.1) is 0 Å². The first-order valence-electron chi connectivity index (χ1n) is 7.77. The minimum atomic E-state index is -0.688. The van der Waals surface area contributed by atoms with Gasteiger partial charge in [0.2, 0.25) is 0 Å². The Morgan fingerprint density at radius 3 is 2.90 bits per heavy atom. The molecule has 1 fully saturated rings. The van der Waals surface area contributed by atoms with Crippen molar-refractivity contribution in [3.8, 4) is 5.75 Å². The van der Waals surface area contributed by atoms with Crippen molar-refractivity contribution in [1.82, 2.24) is 4.90 Å². The molecule has 1 N–H and O–H groups in total. The SMILES string of the molecule is CC(CC(=O)O)C1CCCN(CCOc2ccccc2)C1. The molecule has 0 spiro atoms. The number of nitrogens with zero attached hydrogens (tertiary/aromatic N) is 1. The van der Waals surface area contributed by atoms with Crippen LogP contribution < -0.4 is 4.74 Å². The first-order valence-corrected chi connectivity index (χ1v) is 7.77. The van der Waals surface area contributed by atoms with Crippen LogP contribution in [0.25, 0.3) is 0 Å². The van der Waals surface area contributed by atoms with Crippen LogP contribution in [0.2, 0.25) is 0 Å². The Hall–Kier alpha value is -1.55. The number of benzene rings is 1. The van der Waals surface area contributed by atoms with E-state index >= 15 is 0 Å². The van der Waals surface area contributed by atoms with Gasteiger partial charge in [-0.1, -0.05) is 25.1 Å². The number of rotatable bonds is 7. The van der Waals surface area contributed by atoms with Crippen LogP contribution in [0.3, 0.4) is 0 Å². The summed E-state index contributed by atoms with van der Waals surface area (Å²) in [6, 6.07) is 9.85. The number of para-hydroxylation sites is 1. The molecule has 1 heterocycles. The van der Waals surface area contributed by atoms with Crippen LogP contribution in [0.1, 0.15) is 26.2 Å². The minimum Gasteiger partial charge on any atom is -0.492 e. The second-order valence-electron chi connectivity index (χ2n) is 5.94. The van der Waals surface area contributed by atoms with Crippen LogP contribution in [0.4, 0.5) is 0 Å². The maximum atomic E-state index is 10.8. The number of piperidine rings is 1. The van der Waals surface area contributed by atoms with E-state index in [-0.39, 0.29) is 12.3 Å². The first kappa shape index (κ1) is 15.8. The van der Waals surface area contributed by atoms with Crippen molar-refractivity contribution >= 4 is 5.97 Å². The van der Waals surface area contributed by atoms with Gasteiger partial charge in [-0.3, -0.25) is 9.69 Å². The maximum absolute atomic E-state index is 10.8. The topological polar surface area (TPSA) is 49.8 Å². The Bertz CT molecular complexity index is 435. The second-order valence-corrected chi connectivity index (χ2v) is 5.94. The van der Waals surface area contributed by atoms with Gasteiger partial charge in [0, 0.05) is 19.5 Å². The van der Waals surface area contributed by atoms with Crippen molar-refractivity contribution in [3.63, 3.8) is 0 Å². The highest BCUT2D eigenvalue weighted by atomic mass is 16.5. The van der Waals surface area contributed by atoms with Crippen LogP contribution in [0.15, 0.2) is 30.3 Å². The van der Waals surface area contributed by atoms with Gasteiger partial charge in [-0.05, 0) is 43.4 Å². The molecule has 1 aromatic rings. The normalized spacial score (nSPS) is 20.9. The molecule has 0 saturated carbocycles. The van der Waals surface area contributed by atoms with E-state index in [4.69, 9.17) is 9.84 Å². The number of carbonyl (C=O) groups is 1. The lowest BCUT2D eigenvalue weighted by atomic mass is 9.85. The van der Waals surface area contributed by atoms with Gasteiger partial charge in [-0.25, -0.2) is 0 Å². The maximum Gasteiger partial charge on any atom is 0.303 e. The molecule has 4 nitrogen and oxygen atoms in total. The number of carboxylic acids is 1. The summed E-state index contributed by atoms with van der Waals surface area (Å²) in [6.07, 6.45) is 2.57. The number of aliphatic carboxylic acids is 1. The molecule has 2 unspecified atom stereocenters. The third-order valence-corrected chi connectivity index (χ3v) is 4.26. The van der Waals surface area contributed by atoms with Crippen molar-refractivity contribution in [2.24, 2.45) is 11.8 Å². The van der Waals surface area contributed by atoms with Crippen LogP contribution in [0.5, 0.6) is 5.75 Å². The summed E-state index contributed by atoms with van der Waals surface area (Å²) in [6.45, 7) is 5.74. The van der Waals surface area contributed by atoms with E-state index in [0.29, 0.717) is 12.5 Å². The zero-order valence-electron chi connectivity index (χ0n) is 12.7. The van der Waals surface area contributed by atoms with Gasteiger partial charge in [0.1, 0.15) is 12.4 Å². The smallest absolute Gasteiger partial charge is 0.303 e. The first-order chi connectivity index (χ1) is 10.1. The fourth-order valence-corrected chi connectivity index (χ4v) is 3.01. The van der Waals surface area contributed by atoms with E-state index in [1.54, 1.807) is 0 Å². The van der Waals surface area contributed by atoms with E-state index in [9.17, 15) is 4.79 Å². The Labute approximate surface area is 126 Å². The fraction of sp³-hybridized carbons (Fsp3) is 0.588. The van der Waals surface area contributed by atoms with E-state index in [1.165, 1.54) is 0 Å². The molecule has 1 aromatic carbocycles. The zero-order valence-corrected chi connectivity index (χ0v) is 12.7. The van der Waals surface area contributed by atoms with Gasteiger partial charge in [0.15, 0.2) is 0 Å². The molecule has 21 heavy (non-hydrogen) atoms. The monoisotopic (exact) mass is 291 g/mol. The predicted molar refractivity (Wildman–Crippen MR) is 82.5 cm³/mol. The van der Waals surface area contributed by atoms with Crippen molar-refractivity contribution in [3.05, 3.63) is 30.3 Å². The second kappa shape index (κ2) is 8.03. The van der Waals surface area contributed by atoms with Crippen molar-refractivity contribution in [2.45, 2.75) is 26.2 Å². The molecule has 0 aromatic heterocycles. The molecule has 0 aliphatic carbocycles. The van der Waals surface area contributed by atoms with Crippen LogP contribution in [-0.2, 0) is 4.79 Å². The van der Waals surface area contributed by atoms with Gasteiger partial charge in [0.25, 0.3) is 0 Å². The van der Waals surface area contributed by atoms with Gasteiger partial charge >= 0.3 is 5.97 Å². The number of carboxylic acid groups (broad SMARTS) is 1. The number of ether oxygens (including phenoxy) is 1. The lowest BCUT2D eigenvalue weighted by Crippen LogP contribution is -2.40. The van der Waals surface area contributed by atoms with Gasteiger partial charge < -0.3 is 9.84 Å². The Morgan fingerprint density at radius 1 is 1.43 bits per heavy atom. The summed E-state index contributed by atoms with van der Waals surface area (Å²) in [4.78, 5) is 13.2. The molecule has 0 radical (unpaired) electrons. The number of likely N-dealkylation sites (tertiary alicyclic amines) is 1. The van der Waals surface area contributed by atoms with Crippen LogP contribution in [-0.4, -0.2) is 42.2 Å². The summed E-state index contributed by atoms with van der Waals surface area (Å²) in [5.41, 5.74) is 0. The molecule has 1 aliphatic heterocycles. The van der Waals surface area contributed by atoms with E-state index in [0.717, 1.165) is 38.2 Å². The lowest BCUT2D eigenvalue weighted by molar-refractivity contribution is -0.138. The quantitative estimate of drug-likeness (QED) is 0.839. The average Bonchev–Trinajstić information content (AvgIpc) is 2.48. The van der Waals surface area contributed by atoms with Gasteiger partial charge in [-0.15, -0.1) is 0 Å². The Morgan fingerprint density at radius 2 is 2.19 bits per heavy atom. The minimum absolute atomic E-state index is 0.250. The zero-order chi connectivity index (χ0) is 15.1. The summed E-state index contributed by atoms with van der Waals surface area (Å²) in [5, 5.41) is 8.91. The molecule has 2 atom stereocenters. The van der Waals surface area contributed by atoms with Gasteiger partial charge in [-0.2, -0.15) is 0 Å². The Balaban J connectivity index is 1.72. The third-order valence-electron chi connectivity index (χ3n) is 4.26.